The lowest BCUT2D eigenvalue weighted by atomic mass is 10.3. The molecule has 0 atom stereocenters. The van der Waals surface area contributed by atoms with Crippen LogP contribution in [0, 0.1) is 0 Å². The average molecular weight is 250 g/mol. The van der Waals surface area contributed by atoms with E-state index in [2.05, 4.69) is 10.3 Å². The molecule has 6 nitrogen and oxygen atoms in total. The van der Waals surface area contributed by atoms with Crippen LogP contribution < -0.4 is 5.32 Å². The molecule has 18 heavy (non-hydrogen) atoms. The number of carbonyl (C=O) groups excluding carboxylic acids is 2. The lowest BCUT2D eigenvalue weighted by Crippen LogP contribution is -2.49. The van der Waals surface area contributed by atoms with Crippen LogP contribution in [0.1, 0.15) is 10.5 Å². The lowest BCUT2D eigenvalue weighted by molar-refractivity contribution is -0.132. The fourth-order valence-electron chi connectivity index (χ4n) is 1.96. The Morgan fingerprint density at radius 2 is 2.11 bits per heavy atom. The molecule has 0 unspecified atom stereocenters. The van der Waals surface area contributed by atoms with Crippen molar-refractivity contribution in [2.75, 3.05) is 39.8 Å². The quantitative estimate of drug-likeness (QED) is 0.761. The standard InChI is InChI=1S/C12H18N4O2/c1-15(12(18)10-3-2-4-14-10)9-11(17)16-7-5-13-6-8-16/h2-4,13-14H,5-9H2,1H3. The van der Waals surface area contributed by atoms with Gasteiger partial charge < -0.3 is 20.1 Å². The lowest BCUT2D eigenvalue weighted by Gasteiger charge is -2.29. The van der Waals surface area contributed by atoms with Gasteiger partial charge in [-0.25, -0.2) is 0 Å². The summed E-state index contributed by atoms with van der Waals surface area (Å²) in [7, 11) is 1.64. The minimum Gasteiger partial charge on any atom is -0.357 e. The van der Waals surface area contributed by atoms with Crippen LogP contribution in [0.3, 0.4) is 0 Å². The number of nitrogens with zero attached hydrogens (tertiary/aromatic N) is 2. The van der Waals surface area contributed by atoms with Crippen molar-refractivity contribution in [2.24, 2.45) is 0 Å². The third kappa shape index (κ3) is 2.89. The molecule has 0 saturated carbocycles. The zero-order chi connectivity index (χ0) is 13.0. The number of rotatable bonds is 3. The number of H-pyrrole nitrogens is 1. The Labute approximate surface area is 106 Å². The van der Waals surface area contributed by atoms with Gasteiger partial charge in [-0.1, -0.05) is 0 Å². The van der Waals surface area contributed by atoms with Crippen LogP contribution in [-0.4, -0.2) is 66.4 Å². The van der Waals surface area contributed by atoms with E-state index in [1.54, 1.807) is 30.3 Å². The number of nitrogens with one attached hydrogen (secondary N) is 2. The van der Waals surface area contributed by atoms with Crippen molar-refractivity contribution in [3.63, 3.8) is 0 Å². The van der Waals surface area contributed by atoms with Crippen LogP contribution in [0.25, 0.3) is 0 Å². The fraction of sp³-hybridized carbons (Fsp3) is 0.500. The highest BCUT2D eigenvalue weighted by atomic mass is 16.2. The van der Waals surface area contributed by atoms with Gasteiger partial charge >= 0.3 is 0 Å². The molecule has 0 aliphatic carbocycles. The van der Waals surface area contributed by atoms with Gasteiger partial charge in [-0.15, -0.1) is 0 Å². The van der Waals surface area contributed by atoms with Crippen molar-refractivity contribution in [3.8, 4) is 0 Å². The molecule has 0 radical (unpaired) electrons. The van der Waals surface area contributed by atoms with E-state index in [0.717, 1.165) is 13.1 Å². The van der Waals surface area contributed by atoms with E-state index in [-0.39, 0.29) is 18.4 Å². The topological polar surface area (TPSA) is 68.4 Å². The average Bonchev–Trinajstić information content (AvgIpc) is 2.92. The number of hydrogen-bond donors (Lipinski definition) is 2. The summed E-state index contributed by atoms with van der Waals surface area (Å²) < 4.78 is 0. The van der Waals surface area contributed by atoms with Crippen LogP contribution in [0.15, 0.2) is 18.3 Å². The highest BCUT2D eigenvalue weighted by molar-refractivity contribution is 5.94. The summed E-state index contributed by atoms with van der Waals surface area (Å²) in [6.45, 7) is 3.19. The van der Waals surface area contributed by atoms with Gasteiger partial charge in [0.1, 0.15) is 5.69 Å². The molecule has 1 fully saturated rings. The molecule has 0 aromatic carbocycles. The molecule has 2 rings (SSSR count). The molecule has 1 aliphatic heterocycles. The zero-order valence-electron chi connectivity index (χ0n) is 10.5. The SMILES string of the molecule is CN(CC(=O)N1CCNCC1)C(=O)c1ccc[nH]1. The van der Waals surface area contributed by atoms with Gasteiger partial charge in [0.15, 0.2) is 0 Å². The fourth-order valence-corrected chi connectivity index (χ4v) is 1.96. The maximum atomic E-state index is 12.0. The predicted molar refractivity (Wildman–Crippen MR) is 67.2 cm³/mol. The number of hydrogen-bond acceptors (Lipinski definition) is 3. The maximum absolute atomic E-state index is 12.0. The second-order valence-electron chi connectivity index (χ2n) is 4.38. The third-order valence-electron chi connectivity index (χ3n) is 3.02. The van der Waals surface area contributed by atoms with E-state index < -0.39 is 0 Å². The van der Waals surface area contributed by atoms with E-state index in [0.29, 0.717) is 18.8 Å². The normalized spacial score (nSPS) is 15.5. The van der Waals surface area contributed by atoms with Crippen LogP contribution >= 0.6 is 0 Å². The summed E-state index contributed by atoms with van der Waals surface area (Å²) in [5, 5.41) is 3.19. The van der Waals surface area contributed by atoms with Gasteiger partial charge in [0, 0.05) is 39.4 Å². The van der Waals surface area contributed by atoms with Crippen LogP contribution in [0.2, 0.25) is 0 Å². The minimum atomic E-state index is -0.163. The maximum Gasteiger partial charge on any atom is 0.270 e. The number of piperazine rings is 1. The number of carbonyl (C=O) groups is 2. The van der Waals surface area contributed by atoms with Crippen molar-refractivity contribution >= 4 is 11.8 Å². The third-order valence-corrected chi connectivity index (χ3v) is 3.02. The molecule has 2 heterocycles. The van der Waals surface area contributed by atoms with E-state index >= 15 is 0 Å². The molecule has 0 bridgehead atoms. The second kappa shape index (κ2) is 5.68. The number of likely N-dealkylation sites (N-methyl/N-ethyl adjacent to an activating group) is 1. The summed E-state index contributed by atoms with van der Waals surface area (Å²) in [5.41, 5.74) is 0.505. The van der Waals surface area contributed by atoms with E-state index in [9.17, 15) is 9.59 Å². The highest BCUT2D eigenvalue weighted by Crippen LogP contribution is 2.01. The van der Waals surface area contributed by atoms with Gasteiger partial charge in [0.05, 0.1) is 6.54 Å². The number of amides is 2. The Balaban J connectivity index is 1.88. The van der Waals surface area contributed by atoms with Gasteiger partial charge in [0.2, 0.25) is 5.91 Å². The second-order valence-corrected chi connectivity index (χ2v) is 4.38. The van der Waals surface area contributed by atoms with Gasteiger partial charge in [-0.05, 0) is 12.1 Å². The molecule has 98 valence electrons. The van der Waals surface area contributed by atoms with Crippen LogP contribution in [-0.2, 0) is 4.79 Å². The Kier molecular flexibility index (Phi) is 3.99. The van der Waals surface area contributed by atoms with E-state index in [1.165, 1.54) is 4.90 Å². The predicted octanol–water partition coefficient (Wildman–Crippen LogP) is -0.481. The summed E-state index contributed by atoms with van der Waals surface area (Å²) in [5.74, 6) is -0.164. The zero-order valence-corrected chi connectivity index (χ0v) is 10.5. The molecule has 6 heteroatoms. The Morgan fingerprint density at radius 1 is 1.39 bits per heavy atom. The van der Waals surface area contributed by atoms with Crippen molar-refractivity contribution in [1.29, 1.82) is 0 Å². The Hall–Kier alpha value is -1.82. The molecule has 1 aromatic rings. The summed E-state index contributed by atoms with van der Waals surface area (Å²) >= 11 is 0. The molecular formula is C12H18N4O2. The molecular weight excluding hydrogens is 232 g/mol. The summed E-state index contributed by atoms with van der Waals surface area (Å²) in [6, 6.07) is 3.47. The molecule has 1 aliphatic rings. The largest absolute Gasteiger partial charge is 0.357 e. The van der Waals surface area contributed by atoms with Gasteiger partial charge in [-0.2, -0.15) is 0 Å². The van der Waals surface area contributed by atoms with Crippen LogP contribution in [0.4, 0.5) is 0 Å². The van der Waals surface area contributed by atoms with Crippen molar-refractivity contribution in [1.82, 2.24) is 20.1 Å². The van der Waals surface area contributed by atoms with Crippen molar-refractivity contribution in [2.45, 2.75) is 0 Å². The van der Waals surface area contributed by atoms with Crippen LogP contribution in [0.5, 0.6) is 0 Å². The first kappa shape index (κ1) is 12.6. The molecule has 2 N–H and O–H groups in total. The van der Waals surface area contributed by atoms with E-state index in [4.69, 9.17) is 0 Å². The van der Waals surface area contributed by atoms with Gasteiger partial charge in [0.25, 0.3) is 5.91 Å². The molecule has 2 amide bonds. The van der Waals surface area contributed by atoms with Crippen molar-refractivity contribution < 1.29 is 9.59 Å². The molecule has 1 saturated heterocycles. The molecule has 1 aromatic heterocycles. The monoisotopic (exact) mass is 250 g/mol. The summed E-state index contributed by atoms with van der Waals surface area (Å²) in [4.78, 5) is 30.0. The first-order chi connectivity index (χ1) is 8.68. The van der Waals surface area contributed by atoms with E-state index in [1.807, 2.05) is 0 Å². The Morgan fingerprint density at radius 3 is 2.72 bits per heavy atom. The smallest absolute Gasteiger partial charge is 0.270 e. The molecule has 0 spiro atoms. The first-order valence-electron chi connectivity index (χ1n) is 6.06. The number of aromatic amines is 1. The highest BCUT2D eigenvalue weighted by Gasteiger charge is 2.20. The van der Waals surface area contributed by atoms with Gasteiger partial charge in [-0.3, -0.25) is 9.59 Å². The van der Waals surface area contributed by atoms with Crippen molar-refractivity contribution in [3.05, 3.63) is 24.0 Å². The summed E-state index contributed by atoms with van der Waals surface area (Å²) in [6.07, 6.45) is 1.69. The Bertz CT molecular complexity index is 410. The minimum absolute atomic E-state index is 0.00101. The number of aromatic nitrogens is 1. The first-order valence-corrected chi connectivity index (χ1v) is 6.06.